The zero-order valence-electron chi connectivity index (χ0n) is 14.4. The van der Waals surface area contributed by atoms with Crippen molar-refractivity contribution in [2.45, 2.75) is 38.6 Å². The van der Waals surface area contributed by atoms with Gasteiger partial charge in [0.25, 0.3) is 5.56 Å². The molecular formula is C18H18ClN5O2. The Morgan fingerprint density at radius 2 is 2.27 bits per heavy atom. The van der Waals surface area contributed by atoms with Gasteiger partial charge in [0.1, 0.15) is 5.39 Å². The smallest absolute Gasteiger partial charge is 0.264 e. The van der Waals surface area contributed by atoms with Gasteiger partial charge in [-0.15, -0.1) is 0 Å². The van der Waals surface area contributed by atoms with Crippen LogP contribution in [0.2, 0.25) is 5.02 Å². The molecule has 26 heavy (non-hydrogen) atoms. The second-order valence-corrected chi connectivity index (χ2v) is 7.29. The Balaban J connectivity index is 1.95. The first-order chi connectivity index (χ1) is 12.6. The molecule has 0 radical (unpaired) electrons. The second kappa shape index (κ2) is 6.67. The van der Waals surface area contributed by atoms with Crippen LogP contribution >= 0.6 is 11.6 Å². The van der Waals surface area contributed by atoms with Crippen LogP contribution in [-0.4, -0.2) is 16.3 Å². The van der Waals surface area contributed by atoms with Gasteiger partial charge in [0.15, 0.2) is 5.58 Å². The van der Waals surface area contributed by atoms with E-state index < -0.39 is 0 Å². The van der Waals surface area contributed by atoms with Gasteiger partial charge >= 0.3 is 0 Å². The van der Waals surface area contributed by atoms with Gasteiger partial charge in [-0.25, -0.2) is 0 Å². The molecule has 1 aromatic carbocycles. The summed E-state index contributed by atoms with van der Waals surface area (Å²) in [4.78, 5) is 16.2. The molecule has 0 spiro atoms. The summed E-state index contributed by atoms with van der Waals surface area (Å²) in [6.07, 6.45) is 3.71. The van der Waals surface area contributed by atoms with E-state index in [1.54, 1.807) is 13.0 Å². The summed E-state index contributed by atoms with van der Waals surface area (Å²) in [5.41, 5.74) is 10.3. The van der Waals surface area contributed by atoms with E-state index in [2.05, 4.69) is 15.2 Å². The Labute approximate surface area is 154 Å². The van der Waals surface area contributed by atoms with Crippen LogP contribution < -0.4 is 5.56 Å². The van der Waals surface area contributed by atoms with Crippen LogP contribution in [0, 0.1) is 12.8 Å². The molecule has 0 saturated heterocycles. The summed E-state index contributed by atoms with van der Waals surface area (Å²) in [7, 11) is 0. The van der Waals surface area contributed by atoms with E-state index in [1.807, 2.05) is 16.7 Å². The Morgan fingerprint density at radius 1 is 1.42 bits per heavy atom. The van der Waals surface area contributed by atoms with Gasteiger partial charge in [-0.05, 0) is 43.3 Å². The van der Waals surface area contributed by atoms with Crippen LogP contribution in [0.1, 0.15) is 37.4 Å². The third-order valence-corrected chi connectivity index (χ3v) is 5.61. The molecule has 3 aromatic rings. The molecule has 4 rings (SSSR count). The number of azide groups is 1. The third kappa shape index (κ3) is 2.64. The molecule has 8 heteroatoms. The van der Waals surface area contributed by atoms with Crippen LogP contribution in [0.15, 0.2) is 32.6 Å². The molecule has 1 aliphatic carbocycles. The lowest BCUT2D eigenvalue weighted by Gasteiger charge is -2.30. The van der Waals surface area contributed by atoms with Crippen molar-refractivity contribution in [1.29, 1.82) is 0 Å². The van der Waals surface area contributed by atoms with Crippen molar-refractivity contribution in [1.82, 2.24) is 9.72 Å². The predicted octanol–water partition coefficient (Wildman–Crippen LogP) is 5.15. The molecule has 2 heterocycles. The summed E-state index contributed by atoms with van der Waals surface area (Å²) in [5, 5.41) is 9.47. The van der Waals surface area contributed by atoms with Crippen molar-refractivity contribution in [3.8, 4) is 0 Å². The molecule has 7 nitrogen and oxygen atoms in total. The fourth-order valence-corrected chi connectivity index (χ4v) is 4.39. The van der Waals surface area contributed by atoms with Crippen molar-refractivity contribution in [2.24, 2.45) is 11.0 Å². The fraction of sp³-hybridized carbons (Fsp3) is 0.444. The maximum Gasteiger partial charge on any atom is 0.264 e. The van der Waals surface area contributed by atoms with E-state index in [9.17, 15) is 4.79 Å². The van der Waals surface area contributed by atoms with Crippen molar-refractivity contribution in [3.63, 3.8) is 0 Å². The van der Waals surface area contributed by atoms with Gasteiger partial charge in [-0.2, -0.15) is 0 Å². The SMILES string of the molecule is Cc1noc2c1c(=O)n(C1CCCC(CN=[N+]=[N-])C1)c1cccc(Cl)c21. The number of hydrogen-bond acceptors (Lipinski definition) is 4. The van der Waals surface area contributed by atoms with E-state index >= 15 is 0 Å². The van der Waals surface area contributed by atoms with E-state index in [0.717, 1.165) is 36.6 Å². The number of benzene rings is 1. The summed E-state index contributed by atoms with van der Waals surface area (Å²) >= 11 is 6.45. The largest absolute Gasteiger partial charge is 0.355 e. The number of halogens is 1. The first-order valence-corrected chi connectivity index (χ1v) is 9.09. The Hall–Kier alpha value is -2.50. The van der Waals surface area contributed by atoms with Crippen LogP contribution in [0.25, 0.3) is 32.3 Å². The summed E-state index contributed by atoms with van der Waals surface area (Å²) < 4.78 is 7.28. The molecule has 0 N–H and O–H groups in total. The fourth-order valence-electron chi connectivity index (χ4n) is 4.14. The van der Waals surface area contributed by atoms with Gasteiger partial charge in [0.05, 0.1) is 21.6 Å². The lowest BCUT2D eigenvalue weighted by Crippen LogP contribution is -2.30. The zero-order valence-corrected chi connectivity index (χ0v) is 15.1. The van der Waals surface area contributed by atoms with Gasteiger partial charge in [0.2, 0.25) is 0 Å². The molecule has 0 bridgehead atoms. The number of aryl methyl sites for hydroxylation is 1. The van der Waals surface area contributed by atoms with Crippen LogP contribution in [-0.2, 0) is 0 Å². The molecule has 1 aliphatic rings. The molecule has 0 aliphatic heterocycles. The van der Waals surface area contributed by atoms with Crippen LogP contribution in [0.5, 0.6) is 0 Å². The number of nitrogens with zero attached hydrogens (tertiary/aromatic N) is 5. The first kappa shape index (κ1) is 16.9. The van der Waals surface area contributed by atoms with Crippen molar-refractivity contribution >= 4 is 33.5 Å². The Bertz CT molecular complexity index is 1100. The number of aromatic nitrogens is 2. The quantitative estimate of drug-likeness (QED) is 0.362. The summed E-state index contributed by atoms with van der Waals surface area (Å²) in [5.74, 6) is 0.282. The average molecular weight is 372 g/mol. The maximum atomic E-state index is 13.3. The topological polar surface area (TPSA) is 96.8 Å². The highest BCUT2D eigenvalue weighted by Crippen LogP contribution is 2.37. The number of rotatable bonds is 3. The van der Waals surface area contributed by atoms with Crippen molar-refractivity contribution < 1.29 is 4.52 Å². The molecule has 1 saturated carbocycles. The highest BCUT2D eigenvalue weighted by molar-refractivity contribution is 6.37. The second-order valence-electron chi connectivity index (χ2n) is 6.88. The van der Waals surface area contributed by atoms with Gasteiger partial charge < -0.3 is 9.09 Å². The van der Waals surface area contributed by atoms with E-state index in [0.29, 0.717) is 28.2 Å². The average Bonchev–Trinajstić information content (AvgIpc) is 3.02. The number of fused-ring (bicyclic) bond motifs is 3. The monoisotopic (exact) mass is 371 g/mol. The van der Waals surface area contributed by atoms with Crippen molar-refractivity contribution in [3.05, 3.63) is 49.7 Å². The van der Waals surface area contributed by atoms with Gasteiger partial charge in [0, 0.05) is 17.5 Å². The zero-order chi connectivity index (χ0) is 18.3. The van der Waals surface area contributed by atoms with E-state index in [1.165, 1.54) is 0 Å². The highest BCUT2D eigenvalue weighted by Gasteiger charge is 2.27. The highest BCUT2D eigenvalue weighted by atomic mass is 35.5. The van der Waals surface area contributed by atoms with Crippen LogP contribution in [0.3, 0.4) is 0 Å². The normalized spacial score (nSPS) is 20.4. The predicted molar refractivity (Wildman–Crippen MR) is 101 cm³/mol. The number of pyridine rings is 1. The maximum absolute atomic E-state index is 13.3. The molecule has 2 unspecified atom stereocenters. The minimum atomic E-state index is -0.0945. The third-order valence-electron chi connectivity index (χ3n) is 5.30. The molecule has 1 fully saturated rings. The standard InChI is InChI=1S/C18H18ClN5O2/c1-10-15-17(26-22-10)16-13(19)6-3-7-14(16)24(18(15)25)12-5-2-4-11(8-12)9-21-23-20/h3,6-7,11-12H,2,4-5,8-9H2,1H3. The summed E-state index contributed by atoms with van der Waals surface area (Å²) in [6.45, 7) is 2.24. The molecule has 2 aromatic heterocycles. The minimum Gasteiger partial charge on any atom is -0.355 e. The molecule has 134 valence electrons. The Kier molecular flexibility index (Phi) is 4.34. The van der Waals surface area contributed by atoms with Crippen LogP contribution in [0.4, 0.5) is 0 Å². The first-order valence-electron chi connectivity index (χ1n) is 8.71. The van der Waals surface area contributed by atoms with Gasteiger partial charge in [-0.3, -0.25) is 4.79 Å². The van der Waals surface area contributed by atoms with Crippen molar-refractivity contribution in [2.75, 3.05) is 6.54 Å². The lowest BCUT2D eigenvalue weighted by molar-refractivity contribution is 0.273. The van der Waals surface area contributed by atoms with E-state index in [4.69, 9.17) is 21.7 Å². The van der Waals surface area contributed by atoms with Gasteiger partial charge in [-0.1, -0.05) is 40.8 Å². The molecule has 2 atom stereocenters. The van der Waals surface area contributed by atoms with E-state index in [-0.39, 0.29) is 17.5 Å². The summed E-state index contributed by atoms with van der Waals surface area (Å²) in [6, 6.07) is 5.57. The Morgan fingerprint density at radius 3 is 3.08 bits per heavy atom. The minimum absolute atomic E-state index is 0.0369. The lowest BCUT2D eigenvalue weighted by atomic mass is 9.85. The molecular weight excluding hydrogens is 354 g/mol. The number of hydrogen-bond donors (Lipinski definition) is 0. The molecule has 0 amide bonds.